The number of likely N-dealkylation sites (tertiary alicyclic amines) is 1. The number of aromatic nitrogens is 6. The summed E-state index contributed by atoms with van der Waals surface area (Å²) in [5, 5.41) is 7.98. The molecule has 3 amide bonds. The van der Waals surface area contributed by atoms with E-state index in [1.807, 2.05) is 12.1 Å². The zero-order chi connectivity index (χ0) is 30.2. The summed E-state index contributed by atoms with van der Waals surface area (Å²) in [5.74, 6) is 0.344. The van der Waals surface area contributed by atoms with Crippen molar-refractivity contribution in [2.45, 2.75) is 71.0 Å². The molecule has 3 unspecified atom stereocenters. The van der Waals surface area contributed by atoms with Crippen molar-refractivity contribution in [3.05, 3.63) is 58.0 Å². The number of halogens is 1. The van der Waals surface area contributed by atoms with Gasteiger partial charge in [-0.05, 0) is 84.5 Å². The van der Waals surface area contributed by atoms with Crippen LogP contribution in [0.3, 0.4) is 0 Å². The van der Waals surface area contributed by atoms with Gasteiger partial charge in [0.2, 0.25) is 11.8 Å². The van der Waals surface area contributed by atoms with Crippen molar-refractivity contribution in [1.29, 1.82) is 0 Å². The van der Waals surface area contributed by atoms with Gasteiger partial charge in [-0.3, -0.25) is 24.0 Å². The number of carbonyl (C=O) groups excluding carboxylic acids is 3. The Labute approximate surface area is 255 Å². The number of rotatable bonds is 7. The van der Waals surface area contributed by atoms with E-state index in [0.29, 0.717) is 56.4 Å². The normalized spacial score (nSPS) is 22.5. The largest absolute Gasteiger partial charge is 0.364 e. The first kappa shape index (κ1) is 27.6. The Kier molecular flexibility index (Phi) is 6.35. The number of piperidine rings is 1. The van der Waals surface area contributed by atoms with Crippen LogP contribution in [-0.4, -0.2) is 64.4 Å². The molecule has 2 aliphatic carbocycles. The van der Waals surface area contributed by atoms with Crippen LogP contribution < -0.4 is 11.1 Å². The molecule has 12 nitrogen and oxygen atoms in total. The van der Waals surface area contributed by atoms with Gasteiger partial charge in [-0.25, -0.2) is 15.0 Å². The van der Waals surface area contributed by atoms with E-state index in [2.05, 4.69) is 48.2 Å². The summed E-state index contributed by atoms with van der Waals surface area (Å²) in [6.45, 7) is 5.52. The second-order valence-electron chi connectivity index (χ2n) is 12.1. The highest BCUT2D eigenvalue weighted by Crippen LogP contribution is 2.59. The van der Waals surface area contributed by atoms with E-state index in [9.17, 15) is 14.4 Å². The van der Waals surface area contributed by atoms with E-state index in [-0.39, 0.29) is 35.5 Å². The number of pyridine rings is 2. The van der Waals surface area contributed by atoms with Gasteiger partial charge in [0.1, 0.15) is 28.8 Å². The molecule has 3 aliphatic rings. The highest BCUT2D eigenvalue weighted by molar-refractivity contribution is 9.10. The second kappa shape index (κ2) is 9.90. The van der Waals surface area contributed by atoms with Gasteiger partial charge in [-0.2, -0.15) is 5.10 Å². The van der Waals surface area contributed by atoms with E-state index < -0.39 is 11.9 Å². The molecule has 43 heavy (non-hydrogen) atoms. The molecule has 7 rings (SSSR count). The maximum absolute atomic E-state index is 14.0. The Bertz CT molecular complexity index is 1830. The van der Waals surface area contributed by atoms with Crippen LogP contribution in [0.4, 0.5) is 5.82 Å². The minimum Gasteiger partial charge on any atom is -0.364 e. The molecule has 2 saturated carbocycles. The SMILES string of the molecule is Cc1ncc(-c2cc3c(C(N)=O)nn(CC(=O)N4C(C(=O)Nc5nc(Br)ccc5C5CC5)CC5(C)CC45)c3c(C)n2)cn1. The molecule has 3 N–H and O–H groups in total. The van der Waals surface area contributed by atoms with Crippen molar-refractivity contribution < 1.29 is 14.4 Å². The molecule has 4 aromatic heterocycles. The Morgan fingerprint density at radius 2 is 1.86 bits per heavy atom. The lowest BCUT2D eigenvalue weighted by molar-refractivity contribution is -0.138. The quantitative estimate of drug-likeness (QED) is 0.288. The molecule has 0 aromatic carbocycles. The molecular formula is C30H30BrN9O3. The van der Waals surface area contributed by atoms with Gasteiger partial charge in [0.25, 0.3) is 5.91 Å². The third-order valence-electron chi connectivity index (χ3n) is 8.87. The minimum atomic E-state index is -0.714. The Hall–Kier alpha value is -4.26. The molecular weight excluding hydrogens is 614 g/mol. The van der Waals surface area contributed by atoms with Crippen LogP contribution in [0.2, 0.25) is 0 Å². The van der Waals surface area contributed by atoms with Crippen LogP contribution in [0, 0.1) is 19.3 Å². The minimum absolute atomic E-state index is 0.0427. The average molecular weight is 645 g/mol. The molecule has 4 aromatic rings. The zero-order valence-electron chi connectivity index (χ0n) is 24.0. The summed E-state index contributed by atoms with van der Waals surface area (Å²) in [6.07, 6.45) is 6.86. The lowest BCUT2D eigenvalue weighted by Crippen LogP contribution is -2.47. The number of carbonyl (C=O) groups is 3. The predicted molar refractivity (Wildman–Crippen MR) is 161 cm³/mol. The standard InChI is InChI=1S/C30H30BrN9O3/c1-14-26-19(8-20(35-14)17-11-33-15(2)34-12-17)25(27(32)42)38-39(26)13-24(41)40-21(9-30(3)10-22(30)40)29(43)37-28-18(16-4-5-16)6-7-23(31)36-28/h6-8,11-12,16,21-22H,4-5,9-10,13H2,1-3H3,(H2,32,42)(H,36,37,43). The van der Waals surface area contributed by atoms with Crippen molar-refractivity contribution in [1.82, 2.24) is 34.6 Å². The van der Waals surface area contributed by atoms with Crippen LogP contribution >= 0.6 is 15.9 Å². The predicted octanol–water partition coefficient (Wildman–Crippen LogP) is 3.66. The number of nitrogens with two attached hydrogens (primary N) is 1. The maximum atomic E-state index is 14.0. The van der Waals surface area contributed by atoms with E-state index >= 15 is 0 Å². The van der Waals surface area contributed by atoms with Gasteiger partial charge in [0.05, 0.1) is 16.9 Å². The van der Waals surface area contributed by atoms with Gasteiger partial charge in [0.15, 0.2) is 5.69 Å². The molecule has 3 fully saturated rings. The van der Waals surface area contributed by atoms with Gasteiger partial charge < -0.3 is 16.0 Å². The fourth-order valence-electron chi connectivity index (χ4n) is 6.41. The summed E-state index contributed by atoms with van der Waals surface area (Å²) < 4.78 is 2.11. The topological polar surface area (TPSA) is 162 Å². The number of hydrogen-bond acceptors (Lipinski definition) is 8. The molecule has 1 saturated heterocycles. The first-order chi connectivity index (χ1) is 20.5. The molecule has 1 aliphatic heterocycles. The summed E-state index contributed by atoms with van der Waals surface area (Å²) in [6, 6.07) is 4.91. The van der Waals surface area contributed by atoms with E-state index in [4.69, 9.17) is 10.7 Å². The third kappa shape index (κ3) is 4.85. The van der Waals surface area contributed by atoms with Crippen molar-refractivity contribution in [2.24, 2.45) is 11.1 Å². The van der Waals surface area contributed by atoms with E-state index in [1.165, 1.54) is 4.68 Å². The lowest BCUT2D eigenvalue weighted by Gasteiger charge is -2.27. The van der Waals surface area contributed by atoms with Gasteiger partial charge >= 0.3 is 0 Å². The molecule has 0 bridgehead atoms. The Morgan fingerprint density at radius 3 is 2.56 bits per heavy atom. The average Bonchev–Trinajstić information content (AvgIpc) is 3.85. The smallest absolute Gasteiger partial charge is 0.269 e. The molecule has 3 atom stereocenters. The van der Waals surface area contributed by atoms with Crippen molar-refractivity contribution in [2.75, 3.05) is 5.32 Å². The Morgan fingerprint density at radius 1 is 1.12 bits per heavy atom. The van der Waals surface area contributed by atoms with Crippen LogP contribution in [0.5, 0.6) is 0 Å². The highest BCUT2D eigenvalue weighted by atomic mass is 79.9. The van der Waals surface area contributed by atoms with Crippen LogP contribution in [0.1, 0.15) is 66.1 Å². The fraction of sp³-hybridized carbons (Fsp3) is 0.400. The van der Waals surface area contributed by atoms with Crippen LogP contribution in [0.25, 0.3) is 22.2 Å². The first-order valence-electron chi connectivity index (χ1n) is 14.3. The summed E-state index contributed by atoms with van der Waals surface area (Å²) in [4.78, 5) is 59.5. The van der Waals surface area contributed by atoms with Crippen LogP contribution in [0.15, 0.2) is 35.2 Å². The van der Waals surface area contributed by atoms with Crippen molar-refractivity contribution >= 4 is 50.4 Å². The molecule has 5 heterocycles. The molecule has 0 radical (unpaired) electrons. The van der Waals surface area contributed by atoms with Crippen molar-refractivity contribution in [3.8, 4) is 11.3 Å². The number of nitrogens with zero attached hydrogens (tertiary/aromatic N) is 7. The second-order valence-corrected chi connectivity index (χ2v) is 12.9. The zero-order valence-corrected chi connectivity index (χ0v) is 25.6. The molecule has 220 valence electrons. The summed E-state index contributed by atoms with van der Waals surface area (Å²) in [5.41, 5.74) is 9.01. The highest BCUT2D eigenvalue weighted by Gasteiger charge is 2.64. The number of aryl methyl sites for hydroxylation is 2. The van der Waals surface area contributed by atoms with Crippen LogP contribution in [-0.2, 0) is 16.1 Å². The number of hydrogen-bond donors (Lipinski definition) is 2. The van der Waals surface area contributed by atoms with E-state index in [0.717, 1.165) is 24.8 Å². The number of anilines is 1. The third-order valence-corrected chi connectivity index (χ3v) is 9.31. The molecule has 0 spiro atoms. The van der Waals surface area contributed by atoms with Gasteiger partial charge in [-0.1, -0.05) is 13.0 Å². The van der Waals surface area contributed by atoms with E-state index in [1.54, 1.807) is 37.2 Å². The number of fused-ring (bicyclic) bond motifs is 2. The monoisotopic (exact) mass is 643 g/mol. The summed E-state index contributed by atoms with van der Waals surface area (Å²) >= 11 is 3.41. The van der Waals surface area contributed by atoms with Crippen molar-refractivity contribution in [3.63, 3.8) is 0 Å². The molecule has 13 heteroatoms. The number of amides is 3. The van der Waals surface area contributed by atoms with Gasteiger partial charge in [0, 0.05) is 29.4 Å². The number of primary amides is 1. The maximum Gasteiger partial charge on any atom is 0.269 e. The fourth-order valence-corrected chi connectivity index (χ4v) is 6.72. The Balaban J connectivity index is 1.19. The number of nitrogens with one attached hydrogen (secondary N) is 1. The lowest BCUT2D eigenvalue weighted by atomic mass is 10.0. The first-order valence-corrected chi connectivity index (χ1v) is 15.1. The summed E-state index contributed by atoms with van der Waals surface area (Å²) in [7, 11) is 0. The van der Waals surface area contributed by atoms with Gasteiger partial charge in [-0.15, -0.1) is 0 Å².